The molecule has 0 aliphatic rings. The Morgan fingerprint density at radius 2 is 1.56 bits per heavy atom. The Hall–Kier alpha value is 1.97. The van der Waals surface area contributed by atoms with Gasteiger partial charge in [0.25, 0.3) is 0 Å². The van der Waals surface area contributed by atoms with Crippen LogP contribution in [0.15, 0.2) is 0 Å². The van der Waals surface area contributed by atoms with Crippen molar-refractivity contribution >= 4 is 20.0 Å². The Kier molecular flexibility index (Phi) is 56.1. The third-order valence-corrected chi connectivity index (χ3v) is 0. The monoisotopic (exact) mass is 199 g/mol. The Morgan fingerprint density at radius 3 is 1.56 bits per heavy atom. The second-order valence-corrected chi connectivity index (χ2v) is 2.06. The molecule has 0 bridgehead atoms. The first-order valence-electron chi connectivity index (χ1n) is 1.46. The number of hydrogen-bond acceptors (Lipinski definition) is 3. The van der Waals surface area contributed by atoms with E-state index in [4.69, 9.17) is 14.4 Å². The fraction of sp³-hybridized carbons (Fsp3) is 1.00. The first-order chi connectivity index (χ1) is 3.15. The first kappa shape index (κ1) is 22.4. The van der Waals surface area contributed by atoms with Crippen LogP contribution in [-0.2, 0) is 16.3 Å². The SMILES string of the molecule is C[SH+]C.O=[P+]([O-])O.[K+].[OH-]. The topological polar surface area (TPSA) is 90.4 Å². The molecule has 0 saturated carbocycles. The summed E-state index contributed by atoms with van der Waals surface area (Å²) in [5.41, 5.74) is 0. The van der Waals surface area contributed by atoms with Gasteiger partial charge in [0, 0.05) is 0 Å². The van der Waals surface area contributed by atoms with Crippen LogP contribution in [0, 0.1) is 0 Å². The minimum atomic E-state index is -3.12. The Bertz CT molecular complexity index is 49.8. The van der Waals surface area contributed by atoms with E-state index in [0.717, 1.165) is 0 Å². The first-order valence-corrected chi connectivity index (χ1v) is 4.38. The van der Waals surface area contributed by atoms with Crippen LogP contribution in [0.4, 0.5) is 0 Å². The second kappa shape index (κ2) is 22.5. The average molecular weight is 199 g/mol. The van der Waals surface area contributed by atoms with Crippen molar-refractivity contribution in [3.8, 4) is 0 Å². The molecule has 1 atom stereocenters. The van der Waals surface area contributed by atoms with Crippen LogP contribution in [0.5, 0.6) is 0 Å². The van der Waals surface area contributed by atoms with E-state index in [1.807, 2.05) is 0 Å². The molecular formula is C2H9KO4PS+. The molecule has 0 rings (SSSR count). The van der Waals surface area contributed by atoms with Crippen LogP contribution in [0.3, 0.4) is 0 Å². The van der Waals surface area contributed by atoms with Gasteiger partial charge in [-0.15, -0.1) is 0 Å². The van der Waals surface area contributed by atoms with E-state index in [0.29, 0.717) is 0 Å². The van der Waals surface area contributed by atoms with Gasteiger partial charge in [-0.1, -0.05) is 0 Å². The normalized spacial score (nSPS) is 6.89. The van der Waals surface area contributed by atoms with Crippen LogP contribution in [0.1, 0.15) is 0 Å². The third kappa shape index (κ3) is 164. The van der Waals surface area contributed by atoms with Crippen LogP contribution in [0.25, 0.3) is 0 Å². The third-order valence-electron chi connectivity index (χ3n) is 0. The van der Waals surface area contributed by atoms with Gasteiger partial charge in [-0.3, -0.25) is 0 Å². The molecule has 9 heavy (non-hydrogen) atoms. The summed E-state index contributed by atoms with van der Waals surface area (Å²) in [5.74, 6) is 0. The van der Waals surface area contributed by atoms with E-state index in [9.17, 15) is 0 Å². The maximum Gasteiger partial charge on any atom is 1.00 e. The van der Waals surface area contributed by atoms with Crippen molar-refractivity contribution in [3.63, 3.8) is 0 Å². The Morgan fingerprint density at radius 1 is 1.56 bits per heavy atom. The molecular weight excluding hydrogens is 190 g/mol. The quantitative estimate of drug-likeness (QED) is 0.186. The Balaban J connectivity index is -0.0000000233. The van der Waals surface area contributed by atoms with Gasteiger partial charge >= 0.3 is 59.6 Å². The van der Waals surface area contributed by atoms with Crippen molar-refractivity contribution in [3.05, 3.63) is 0 Å². The molecule has 4 nitrogen and oxygen atoms in total. The van der Waals surface area contributed by atoms with Gasteiger partial charge in [0.1, 0.15) is 0 Å². The van der Waals surface area contributed by atoms with E-state index >= 15 is 0 Å². The minimum absolute atomic E-state index is 0. The summed E-state index contributed by atoms with van der Waals surface area (Å²) in [6.45, 7) is 0. The van der Waals surface area contributed by atoms with Crippen molar-refractivity contribution in [1.82, 2.24) is 0 Å². The summed E-state index contributed by atoms with van der Waals surface area (Å²) in [7, 11) is -3.12. The van der Waals surface area contributed by atoms with E-state index in [1.165, 1.54) is 11.8 Å². The Labute approximate surface area is 102 Å². The molecule has 0 aromatic carbocycles. The van der Waals surface area contributed by atoms with E-state index < -0.39 is 8.25 Å². The molecule has 52 valence electrons. The maximum absolute atomic E-state index is 8.59. The molecule has 0 radical (unpaired) electrons. The standard InChI is InChI=1S/C2H6S.K.HO3P.H2O/c1-3-2;;1-4(2)3;/h1-2H3;;(H,1,2,3);1H2/q;+1;;. The van der Waals surface area contributed by atoms with Gasteiger partial charge in [0.15, 0.2) is 0 Å². The predicted molar refractivity (Wildman–Crippen MR) is 32.4 cm³/mol. The molecule has 0 saturated heterocycles. The van der Waals surface area contributed by atoms with Crippen LogP contribution in [0.2, 0.25) is 0 Å². The number of rotatable bonds is 0. The molecule has 0 aromatic rings. The van der Waals surface area contributed by atoms with Gasteiger partial charge in [-0.2, -0.15) is 4.89 Å². The molecule has 2 N–H and O–H groups in total. The zero-order valence-corrected chi connectivity index (χ0v) is 10.5. The predicted octanol–water partition coefficient (Wildman–Crippen LogP) is -4.12. The number of hydrogen-bond donors (Lipinski definition) is 1. The van der Waals surface area contributed by atoms with Crippen molar-refractivity contribution in [2.75, 3.05) is 12.5 Å². The van der Waals surface area contributed by atoms with E-state index in [-0.39, 0.29) is 56.9 Å². The molecule has 0 aliphatic carbocycles. The van der Waals surface area contributed by atoms with Gasteiger partial charge < -0.3 is 10.4 Å². The second-order valence-electron chi connectivity index (χ2n) is 0.685. The summed E-state index contributed by atoms with van der Waals surface area (Å²) in [6, 6.07) is 0. The summed E-state index contributed by atoms with van der Waals surface area (Å²) in [4.78, 5) is 15.6. The zero-order valence-electron chi connectivity index (χ0n) is 5.61. The van der Waals surface area contributed by atoms with Crippen molar-refractivity contribution in [2.45, 2.75) is 0 Å². The molecule has 7 heteroatoms. The zero-order chi connectivity index (χ0) is 6.28. The molecule has 0 spiro atoms. The van der Waals surface area contributed by atoms with Crippen LogP contribution in [-0.4, -0.2) is 22.9 Å². The summed E-state index contributed by atoms with van der Waals surface area (Å²) in [6.07, 6.45) is 4.19. The molecule has 0 heterocycles. The maximum atomic E-state index is 8.59. The molecule has 0 fully saturated rings. The fourth-order valence-electron chi connectivity index (χ4n) is 0. The fourth-order valence-corrected chi connectivity index (χ4v) is 0. The summed E-state index contributed by atoms with van der Waals surface area (Å²) in [5, 5.41) is 0. The summed E-state index contributed by atoms with van der Waals surface area (Å²) < 4.78 is 8.59. The average Bonchev–Trinajstić information content (AvgIpc) is 1.33. The minimum Gasteiger partial charge on any atom is -0.870 e. The van der Waals surface area contributed by atoms with Crippen molar-refractivity contribution in [2.24, 2.45) is 0 Å². The van der Waals surface area contributed by atoms with E-state index in [1.54, 1.807) is 0 Å². The number of thiol groups is 1. The molecule has 0 amide bonds. The van der Waals surface area contributed by atoms with E-state index in [2.05, 4.69) is 12.5 Å². The molecule has 0 aliphatic heterocycles. The van der Waals surface area contributed by atoms with Crippen molar-refractivity contribution in [1.29, 1.82) is 0 Å². The summed E-state index contributed by atoms with van der Waals surface area (Å²) >= 11 is 1.42. The smallest absolute Gasteiger partial charge is 0.870 e. The van der Waals surface area contributed by atoms with Gasteiger partial charge in [-0.05, 0) is 16.3 Å². The van der Waals surface area contributed by atoms with Crippen LogP contribution < -0.4 is 56.3 Å². The van der Waals surface area contributed by atoms with Gasteiger partial charge in [0.2, 0.25) is 0 Å². The molecule has 1 unspecified atom stereocenters. The van der Waals surface area contributed by atoms with Crippen molar-refractivity contribution < 1.29 is 71.2 Å². The largest absolute Gasteiger partial charge is 1.00 e. The van der Waals surface area contributed by atoms with Gasteiger partial charge in [0.05, 0.1) is 12.5 Å². The molecule has 0 aromatic heterocycles. The van der Waals surface area contributed by atoms with Crippen LogP contribution >= 0.6 is 8.25 Å². The van der Waals surface area contributed by atoms with Gasteiger partial charge in [-0.25, -0.2) is 0 Å².